The molecule has 1 rings (SSSR count). The van der Waals surface area contributed by atoms with Gasteiger partial charge in [0.05, 0.1) is 6.04 Å². The lowest BCUT2D eigenvalue weighted by Crippen LogP contribution is -2.39. The predicted octanol–water partition coefficient (Wildman–Crippen LogP) is 2.68. The fraction of sp³-hybridized carbons (Fsp3) is 0.417. The third-order valence-electron chi connectivity index (χ3n) is 2.48. The number of amides is 1. The van der Waals surface area contributed by atoms with Crippen LogP contribution in [0.4, 0.5) is 5.69 Å². The van der Waals surface area contributed by atoms with Crippen LogP contribution in [0.3, 0.4) is 0 Å². The lowest BCUT2D eigenvalue weighted by Gasteiger charge is -2.16. The van der Waals surface area contributed by atoms with Crippen LogP contribution in [0.25, 0.3) is 0 Å². The van der Waals surface area contributed by atoms with Gasteiger partial charge in [0.15, 0.2) is 0 Å². The summed E-state index contributed by atoms with van der Waals surface area (Å²) in [6.45, 7) is 5.80. The first-order chi connectivity index (χ1) is 7.41. The van der Waals surface area contributed by atoms with Crippen LogP contribution < -0.4 is 11.1 Å². The predicted molar refractivity (Wildman–Crippen MR) is 70.3 cm³/mol. The monoisotopic (exact) mass is 284 g/mol. The Morgan fingerprint density at radius 3 is 2.62 bits per heavy atom. The highest BCUT2D eigenvalue weighted by molar-refractivity contribution is 9.10. The molecule has 0 radical (unpaired) electrons. The van der Waals surface area contributed by atoms with Crippen LogP contribution >= 0.6 is 15.9 Å². The summed E-state index contributed by atoms with van der Waals surface area (Å²) >= 11 is 3.37. The van der Waals surface area contributed by atoms with E-state index in [-0.39, 0.29) is 11.8 Å². The number of rotatable bonds is 3. The van der Waals surface area contributed by atoms with Crippen molar-refractivity contribution in [1.29, 1.82) is 0 Å². The van der Waals surface area contributed by atoms with E-state index >= 15 is 0 Å². The standard InChI is InChI=1S/C12H17BrN2O/c1-7(2)11(14)12(16)15-10-6-9(13)5-4-8(10)3/h4-7,11H,14H2,1-3H3,(H,15,16). The molecule has 0 saturated heterocycles. The van der Waals surface area contributed by atoms with Crippen molar-refractivity contribution in [3.63, 3.8) is 0 Å². The molecule has 3 N–H and O–H groups in total. The minimum Gasteiger partial charge on any atom is -0.324 e. The van der Waals surface area contributed by atoms with Crippen molar-refractivity contribution in [3.8, 4) is 0 Å². The number of aryl methyl sites for hydroxylation is 1. The van der Waals surface area contributed by atoms with Crippen LogP contribution in [0.15, 0.2) is 22.7 Å². The molecular weight excluding hydrogens is 268 g/mol. The third kappa shape index (κ3) is 3.32. The molecule has 0 aromatic heterocycles. The molecule has 0 bridgehead atoms. The van der Waals surface area contributed by atoms with E-state index in [0.717, 1.165) is 15.7 Å². The molecule has 0 aliphatic rings. The summed E-state index contributed by atoms with van der Waals surface area (Å²) in [6, 6.07) is 5.28. The molecule has 0 aliphatic carbocycles. The van der Waals surface area contributed by atoms with E-state index < -0.39 is 6.04 Å². The summed E-state index contributed by atoms with van der Waals surface area (Å²) in [5.74, 6) is -0.0105. The number of benzene rings is 1. The number of halogens is 1. The number of hydrogen-bond donors (Lipinski definition) is 2. The van der Waals surface area contributed by atoms with E-state index in [1.54, 1.807) is 0 Å². The van der Waals surface area contributed by atoms with Gasteiger partial charge in [-0.2, -0.15) is 0 Å². The molecule has 1 aromatic carbocycles. The lowest BCUT2D eigenvalue weighted by molar-refractivity contribution is -0.118. The summed E-state index contributed by atoms with van der Waals surface area (Å²) < 4.78 is 0.937. The van der Waals surface area contributed by atoms with Gasteiger partial charge in [0.2, 0.25) is 5.91 Å². The van der Waals surface area contributed by atoms with E-state index in [1.165, 1.54) is 0 Å². The molecule has 3 nitrogen and oxygen atoms in total. The Bertz CT molecular complexity index is 391. The molecule has 1 aromatic rings. The van der Waals surface area contributed by atoms with Crippen LogP contribution in [0.5, 0.6) is 0 Å². The van der Waals surface area contributed by atoms with Gasteiger partial charge in [0.1, 0.15) is 0 Å². The number of nitrogens with one attached hydrogen (secondary N) is 1. The first kappa shape index (κ1) is 13.2. The highest BCUT2D eigenvalue weighted by Crippen LogP contribution is 2.20. The SMILES string of the molecule is Cc1ccc(Br)cc1NC(=O)C(N)C(C)C. The van der Waals surface area contributed by atoms with Crippen molar-refractivity contribution < 1.29 is 4.79 Å². The Hall–Kier alpha value is -0.870. The fourth-order valence-corrected chi connectivity index (χ4v) is 1.61. The minimum atomic E-state index is -0.474. The highest BCUT2D eigenvalue weighted by Gasteiger charge is 2.17. The van der Waals surface area contributed by atoms with E-state index in [4.69, 9.17) is 5.73 Å². The van der Waals surface area contributed by atoms with Gasteiger partial charge in [-0.1, -0.05) is 35.8 Å². The Morgan fingerprint density at radius 2 is 2.06 bits per heavy atom. The maximum absolute atomic E-state index is 11.8. The van der Waals surface area contributed by atoms with Gasteiger partial charge in [0.25, 0.3) is 0 Å². The molecular formula is C12H17BrN2O. The molecule has 88 valence electrons. The van der Waals surface area contributed by atoms with Crippen LogP contribution in [0.1, 0.15) is 19.4 Å². The largest absolute Gasteiger partial charge is 0.324 e. The van der Waals surface area contributed by atoms with Gasteiger partial charge in [-0.05, 0) is 30.5 Å². The van der Waals surface area contributed by atoms with E-state index in [1.807, 2.05) is 39.0 Å². The zero-order chi connectivity index (χ0) is 12.3. The molecule has 1 amide bonds. The Labute approximate surface area is 105 Å². The Balaban J connectivity index is 2.80. The van der Waals surface area contributed by atoms with Gasteiger partial charge in [-0.15, -0.1) is 0 Å². The quantitative estimate of drug-likeness (QED) is 0.897. The zero-order valence-corrected chi connectivity index (χ0v) is 11.3. The van der Waals surface area contributed by atoms with Crippen LogP contribution in [0.2, 0.25) is 0 Å². The molecule has 0 saturated carbocycles. The average Bonchev–Trinajstić information content (AvgIpc) is 2.22. The molecule has 4 heteroatoms. The second-order valence-corrected chi connectivity index (χ2v) is 5.13. The highest BCUT2D eigenvalue weighted by atomic mass is 79.9. The summed E-state index contributed by atoms with van der Waals surface area (Å²) in [4.78, 5) is 11.8. The normalized spacial score (nSPS) is 12.6. The van der Waals surface area contributed by atoms with Crippen molar-refractivity contribution in [2.75, 3.05) is 5.32 Å². The van der Waals surface area contributed by atoms with Crippen molar-refractivity contribution in [2.45, 2.75) is 26.8 Å². The number of nitrogens with two attached hydrogens (primary N) is 1. The first-order valence-electron chi connectivity index (χ1n) is 5.24. The first-order valence-corrected chi connectivity index (χ1v) is 6.03. The molecule has 16 heavy (non-hydrogen) atoms. The maximum atomic E-state index is 11.8. The number of anilines is 1. The van der Waals surface area contributed by atoms with Gasteiger partial charge < -0.3 is 11.1 Å². The third-order valence-corrected chi connectivity index (χ3v) is 2.97. The zero-order valence-electron chi connectivity index (χ0n) is 9.75. The minimum absolute atomic E-state index is 0.132. The summed E-state index contributed by atoms with van der Waals surface area (Å²) in [5.41, 5.74) is 7.59. The molecule has 0 spiro atoms. The van der Waals surface area contributed by atoms with E-state index in [9.17, 15) is 4.79 Å². The number of hydrogen-bond acceptors (Lipinski definition) is 2. The van der Waals surface area contributed by atoms with Gasteiger partial charge >= 0.3 is 0 Å². The molecule has 0 heterocycles. The average molecular weight is 285 g/mol. The fourth-order valence-electron chi connectivity index (χ4n) is 1.25. The van der Waals surface area contributed by atoms with Gasteiger partial charge in [0, 0.05) is 10.2 Å². The van der Waals surface area contributed by atoms with Crippen LogP contribution in [-0.4, -0.2) is 11.9 Å². The molecule has 0 fully saturated rings. The summed E-state index contributed by atoms with van der Waals surface area (Å²) in [6.07, 6.45) is 0. The maximum Gasteiger partial charge on any atom is 0.241 e. The van der Waals surface area contributed by atoms with E-state index in [0.29, 0.717) is 0 Å². The second kappa shape index (κ2) is 5.46. The van der Waals surface area contributed by atoms with Crippen molar-refractivity contribution in [1.82, 2.24) is 0 Å². The van der Waals surface area contributed by atoms with Gasteiger partial charge in [-0.25, -0.2) is 0 Å². The summed E-state index contributed by atoms with van der Waals surface area (Å²) in [5, 5.41) is 2.84. The smallest absolute Gasteiger partial charge is 0.241 e. The number of carbonyl (C=O) groups is 1. The van der Waals surface area contributed by atoms with E-state index in [2.05, 4.69) is 21.2 Å². The topological polar surface area (TPSA) is 55.1 Å². The molecule has 1 atom stereocenters. The van der Waals surface area contributed by atoms with Gasteiger partial charge in [-0.3, -0.25) is 4.79 Å². The van der Waals surface area contributed by atoms with Crippen molar-refractivity contribution in [3.05, 3.63) is 28.2 Å². The Morgan fingerprint density at radius 1 is 1.44 bits per heavy atom. The van der Waals surface area contributed by atoms with Crippen LogP contribution in [-0.2, 0) is 4.79 Å². The Kier molecular flexibility index (Phi) is 4.50. The number of carbonyl (C=O) groups excluding carboxylic acids is 1. The van der Waals surface area contributed by atoms with Crippen molar-refractivity contribution in [2.24, 2.45) is 11.7 Å². The summed E-state index contributed by atoms with van der Waals surface area (Å²) in [7, 11) is 0. The molecule has 1 unspecified atom stereocenters. The second-order valence-electron chi connectivity index (χ2n) is 4.22. The molecule has 0 aliphatic heterocycles. The van der Waals surface area contributed by atoms with Crippen LogP contribution in [0, 0.1) is 12.8 Å². The van der Waals surface area contributed by atoms with Crippen molar-refractivity contribution >= 4 is 27.5 Å². The lowest BCUT2D eigenvalue weighted by atomic mass is 10.0.